The van der Waals surface area contributed by atoms with E-state index in [0.717, 1.165) is 16.8 Å². The van der Waals surface area contributed by atoms with Gasteiger partial charge in [-0.3, -0.25) is 4.79 Å². The van der Waals surface area contributed by atoms with Gasteiger partial charge >= 0.3 is 0 Å². The first-order valence-corrected chi connectivity index (χ1v) is 9.82. The van der Waals surface area contributed by atoms with Crippen molar-refractivity contribution >= 4 is 21.6 Å². The van der Waals surface area contributed by atoms with E-state index in [1.807, 2.05) is 37.3 Å². The van der Waals surface area contributed by atoms with E-state index < -0.39 is 10.0 Å². The number of hydrogen-bond donors (Lipinski definition) is 1. The molecule has 3 rings (SSSR count). The molecule has 1 aliphatic rings. The van der Waals surface area contributed by atoms with Crippen LogP contribution in [0.1, 0.15) is 30.9 Å². The molecule has 1 N–H and O–H groups in total. The van der Waals surface area contributed by atoms with Crippen LogP contribution in [0.25, 0.3) is 0 Å². The van der Waals surface area contributed by atoms with Crippen LogP contribution in [-0.4, -0.2) is 27.4 Å². The predicted molar refractivity (Wildman–Crippen MR) is 98.2 cm³/mol. The molecular formula is C19H22N2O3S. The number of fused-ring (bicyclic) bond motifs is 1. The van der Waals surface area contributed by atoms with Crippen LogP contribution in [0.5, 0.6) is 0 Å². The molecule has 0 spiro atoms. The summed E-state index contributed by atoms with van der Waals surface area (Å²) in [7, 11) is -3.58. The third-order valence-corrected chi connectivity index (χ3v) is 6.01. The van der Waals surface area contributed by atoms with Gasteiger partial charge in [-0.2, -0.15) is 0 Å². The first-order valence-electron chi connectivity index (χ1n) is 8.34. The third kappa shape index (κ3) is 3.75. The fourth-order valence-electron chi connectivity index (χ4n) is 3.09. The largest absolute Gasteiger partial charge is 0.312 e. The number of nitrogens with one attached hydrogen (secondary N) is 1. The first-order chi connectivity index (χ1) is 11.9. The summed E-state index contributed by atoms with van der Waals surface area (Å²) in [6, 6.07) is 14.8. The van der Waals surface area contributed by atoms with Crippen LogP contribution in [0.2, 0.25) is 0 Å². The summed E-state index contributed by atoms with van der Waals surface area (Å²) in [6.07, 6.45) is 0.679. The summed E-state index contributed by atoms with van der Waals surface area (Å²) < 4.78 is 27.9. The molecule has 0 aliphatic carbocycles. The van der Waals surface area contributed by atoms with Crippen LogP contribution < -0.4 is 9.62 Å². The van der Waals surface area contributed by atoms with Crippen molar-refractivity contribution in [1.82, 2.24) is 4.72 Å². The van der Waals surface area contributed by atoms with Crippen molar-refractivity contribution in [1.29, 1.82) is 0 Å². The molecule has 25 heavy (non-hydrogen) atoms. The standard InChI is InChI=1S/C19H22N2O3S/c1-14(16-6-4-3-5-7-16)13-20-25(23,24)18-8-9-19-17(12-18)10-11-21(19)15(2)22/h3-9,12,14,20H,10-11,13H2,1-2H3/t14-/m0/s1. The number of sulfonamides is 1. The highest BCUT2D eigenvalue weighted by Crippen LogP contribution is 2.30. The zero-order chi connectivity index (χ0) is 18.0. The predicted octanol–water partition coefficient (Wildman–Crippen LogP) is 2.68. The number of carbonyl (C=O) groups excluding carboxylic acids is 1. The number of hydrogen-bond acceptors (Lipinski definition) is 3. The third-order valence-electron chi connectivity index (χ3n) is 4.59. The molecule has 2 aromatic carbocycles. The van der Waals surface area contributed by atoms with Crippen molar-refractivity contribution in [3.63, 3.8) is 0 Å². The molecule has 5 nitrogen and oxygen atoms in total. The molecule has 1 aliphatic heterocycles. The summed E-state index contributed by atoms with van der Waals surface area (Å²) in [4.78, 5) is 13.5. The zero-order valence-corrected chi connectivity index (χ0v) is 15.2. The maximum Gasteiger partial charge on any atom is 0.240 e. The maximum atomic E-state index is 12.6. The van der Waals surface area contributed by atoms with Crippen molar-refractivity contribution in [3.05, 3.63) is 59.7 Å². The van der Waals surface area contributed by atoms with Gasteiger partial charge in [-0.05, 0) is 41.7 Å². The molecule has 6 heteroatoms. The van der Waals surface area contributed by atoms with E-state index in [1.54, 1.807) is 23.1 Å². The van der Waals surface area contributed by atoms with E-state index in [2.05, 4.69) is 4.72 Å². The Hall–Kier alpha value is -2.18. The number of amides is 1. The van der Waals surface area contributed by atoms with Gasteiger partial charge in [-0.15, -0.1) is 0 Å². The second-order valence-electron chi connectivity index (χ2n) is 6.37. The number of nitrogens with zero attached hydrogens (tertiary/aromatic N) is 1. The lowest BCUT2D eigenvalue weighted by atomic mass is 10.0. The number of anilines is 1. The molecule has 0 aromatic heterocycles. The molecule has 0 bridgehead atoms. The quantitative estimate of drug-likeness (QED) is 0.894. The van der Waals surface area contributed by atoms with Crippen LogP contribution in [-0.2, 0) is 21.2 Å². The molecule has 1 heterocycles. The van der Waals surface area contributed by atoms with E-state index in [9.17, 15) is 13.2 Å². The van der Waals surface area contributed by atoms with Crippen molar-refractivity contribution in [3.8, 4) is 0 Å². The van der Waals surface area contributed by atoms with E-state index in [1.165, 1.54) is 6.92 Å². The SMILES string of the molecule is CC(=O)N1CCc2cc(S(=O)(=O)NC[C@H](C)c3ccccc3)ccc21. The molecular weight excluding hydrogens is 336 g/mol. The van der Waals surface area contributed by atoms with Crippen LogP contribution in [0.4, 0.5) is 5.69 Å². The minimum absolute atomic E-state index is 0.0239. The van der Waals surface area contributed by atoms with Gasteiger partial charge < -0.3 is 4.90 Å². The van der Waals surface area contributed by atoms with Crippen molar-refractivity contribution in [2.75, 3.05) is 18.0 Å². The Bertz CT molecular complexity index is 879. The monoisotopic (exact) mass is 358 g/mol. The molecule has 0 saturated heterocycles. The first kappa shape index (κ1) is 17.6. The smallest absolute Gasteiger partial charge is 0.240 e. The second-order valence-corrected chi connectivity index (χ2v) is 8.14. The summed E-state index contributed by atoms with van der Waals surface area (Å²) in [5, 5.41) is 0. The molecule has 0 fully saturated rings. The van der Waals surface area contributed by atoms with Gasteiger partial charge in [0.25, 0.3) is 0 Å². The Morgan fingerprint density at radius 1 is 1.20 bits per heavy atom. The minimum atomic E-state index is -3.58. The van der Waals surface area contributed by atoms with Gasteiger partial charge in [0.15, 0.2) is 0 Å². The van der Waals surface area contributed by atoms with Gasteiger partial charge in [0.05, 0.1) is 4.90 Å². The molecule has 1 atom stereocenters. The highest BCUT2D eigenvalue weighted by molar-refractivity contribution is 7.89. The lowest BCUT2D eigenvalue weighted by Gasteiger charge is -2.16. The number of carbonyl (C=O) groups is 1. The van der Waals surface area contributed by atoms with Gasteiger partial charge in [0.2, 0.25) is 15.9 Å². The van der Waals surface area contributed by atoms with Gasteiger partial charge in [-0.1, -0.05) is 37.3 Å². The van der Waals surface area contributed by atoms with Gasteiger partial charge in [-0.25, -0.2) is 13.1 Å². The Labute approximate surface area is 148 Å². The summed E-state index contributed by atoms with van der Waals surface area (Å²) in [5.41, 5.74) is 2.80. The number of benzene rings is 2. The molecule has 0 radical (unpaired) electrons. The fourth-order valence-corrected chi connectivity index (χ4v) is 4.27. The Morgan fingerprint density at radius 3 is 2.60 bits per heavy atom. The number of rotatable bonds is 5. The van der Waals surface area contributed by atoms with Gasteiger partial charge in [0.1, 0.15) is 0 Å². The topological polar surface area (TPSA) is 66.5 Å². The van der Waals surface area contributed by atoms with Crippen molar-refractivity contribution in [2.24, 2.45) is 0 Å². The lowest BCUT2D eigenvalue weighted by molar-refractivity contribution is -0.116. The summed E-state index contributed by atoms with van der Waals surface area (Å²) in [6.45, 7) is 4.45. The second kappa shape index (κ2) is 6.98. The van der Waals surface area contributed by atoms with Crippen LogP contribution in [0, 0.1) is 0 Å². The Morgan fingerprint density at radius 2 is 1.92 bits per heavy atom. The Balaban J connectivity index is 1.74. The maximum absolute atomic E-state index is 12.6. The molecule has 132 valence electrons. The van der Waals surface area contributed by atoms with E-state index in [-0.39, 0.29) is 16.7 Å². The van der Waals surface area contributed by atoms with Crippen molar-refractivity contribution < 1.29 is 13.2 Å². The average Bonchev–Trinajstić information content (AvgIpc) is 3.04. The Kier molecular flexibility index (Phi) is 4.92. The highest BCUT2D eigenvalue weighted by Gasteiger charge is 2.25. The van der Waals surface area contributed by atoms with E-state index >= 15 is 0 Å². The minimum Gasteiger partial charge on any atom is -0.312 e. The van der Waals surface area contributed by atoms with Crippen LogP contribution in [0.3, 0.4) is 0 Å². The van der Waals surface area contributed by atoms with Gasteiger partial charge in [0, 0.05) is 25.7 Å². The average molecular weight is 358 g/mol. The normalized spacial score (nSPS) is 15.0. The van der Waals surface area contributed by atoms with Crippen LogP contribution >= 0.6 is 0 Å². The highest BCUT2D eigenvalue weighted by atomic mass is 32.2. The molecule has 0 unspecified atom stereocenters. The lowest BCUT2D eigenvalue weighted by Crippen LogP contribution is -2.28. The van der Waals surface area contributed by atoms with E-state index in [0.29, 0.717) is 19.5 Å². The fraction of sp³-hybridized carbons (Fsp3) is 0.316. The summed E-state index contributed by atoms with van der Waals surface area (Å²) in [5.74, 6) is 0.0581. The van der Waals surface area contributed by atoms with Crippen molar-refractivity contribution in [2.45, 2.75) is 31.1 Å². The van der Waals surface area contributed by atoms with Crippen LogP contribution in [0.15, 0.2) is 53.4 Å². The molecule has 0 saturated carbocycles. The molecule has 1 amide bonds. The van der Waals surface area contributed by atoms with E-state index in [4.69, 9.17) is 0 Å². The molecule has 2 aromatic rings. The summed E-state index contributed by atoms with van der Waals surface area (Å²) >= 11 is 0. The zero-order valence-electron chi connectivity index (χ0n) is 14.4.